The van der Waals surface area contributed by atoms with Crippen molar-refractivity contribution in [3.63, 3.8) is 0 Å². The summed E-state index contributed by atoms with van der Waals surface area (Å²) < 4.78 is 1.20. The predicted octanol–water partition coefficient (Wildman–Crippen LogP) is 4.53. The van der Waals surface area contributed by atoms with Gasteiger partial charge in [0.2, 0.25) is 0 Å². The number of pyridine rings is 1. The highest BCUT2D eigenvalue weighted by molar-refractivity contribution is 8.13. The number of nitrogens with zero attached hydrogens (tertiary/aromatic N) is 4. The van der Waals surface area contributed by atoms with E-state index in [9.17, 15) is 4.79 Å². The van der Waals surface area contributed by atoms with Crippen LogP contribution in [0, 0.1) is 19.3 Å². The molecule has 2 heterocycles. The Bertz CT molecular complexity index is 1070. The molecule has 0 saturated heterocycles. The lowest BCUT2D eigenvalue weighted by molar-refractivity contribution is 0.260. The number of aliphatic imine (C=N–C) groups is 1. The van der Waals surface area contributed by atoms with Crippen LogP contribution in [0.4, 0.5) is 10.6 Å². The average molecular weight is 410 g/mol. The smallest absolute Gasteiger partial charge is 0.308 e. The number of hydrogen-bond donors (Lipinski definition) is 1. The Morgan fingerprint density at radius 3 is 2.71 bits per heavy atom. The topological polar surface area (TPSA) is 86.2 Å². The molecular formula is C20H16ClN5OS. The number of aromatic nitrogens is 3. The lowest BCUT2D eigenvalue weighted by Gasteiger charge is -2.05. The zero-order valence-electron chi connectivity index (χ0n) is 15.0. The molecule has 140 valence electrons. The Morgan fingerprint density at radius 2 is 2.11 bits per heavy atom. The Morgan fingerprint density at radius 1 is 1.36 bits per heavy atom. The Hall–Kier alpha value is -3.08. The second kappa shape index (κ2) is 8.74. The van der Waals surface area contributed by atoms with Crippen molar-refractivity contribution >= 4 is 40.8 Å². The monoisotopic (exact) mass is 409 g/mol. The van der Waals surface area contributed by atoms with E-state index >= 15 is 0 Å². The number of hydrogen-bond acceptors (Lipinski definition) is 5. The molecule has 0 saturated carbocycles. The summed E-state index contributed by atoms with van der Waals surface area (Å²) in [4.78, 5) is 21.3. The molecule has 6 nitrogen and oxygen atoms in total. The number of terminal acetylenes is 1. The highest BCUT2D eigenvalue weighted by Gasteiger charge is 2.24. The third-order valence-corrected chi connectivity index (χ3v) is 4.78. The first-order valence-electron chi connectivity index (χ1n) is 8.22. The number of halogens is 1. The predicted molar refractivity (Wildman–Crippen MR) is 115 cm³/mol. The maximum atomic E-state index is 12.6. The minimum Gasteiger partial charge on any atom is -0.390 e. The van der Waals surface area contributed by atoms with E-state index in [-0.39, 0.29) is 11.0 Å². The van der Waals surface area contributed by atoms with Crippen molar-refractivity contribution in [3.05, 3.63) is 53.2 Å². The van der Waals surface area contributed by atoms with Gasteiger partial charge in [-0.15, -0.1) is 6.42 Å². The SMILES string of the molecule is C#CCSC(=O)n1nc(-c2ccc(C)cn2)c(-c2ccc(Cl)cc2)c1/N=C\N. The standard InChI is InChI=1S/C20H16ClN5OS/c1-3-10-28-20(27)26-19(24-12-22)17(14-5-7-15(21)8-6-14)18(25-26)16-9-4-13(2)11-23-16/h1,4-9,11-12H,10H2,2H3,(H2,22,24). The summed E-state index contributed by atoms with van der Waals surface area (Å²) >= 11 is 6.98. The van der Waals surface area contributed by atoms with E-state index < -0.39 is 0 Å². The molecule has 1 aromatic carbocycles. The van der Waals surface area contributed by atoms with Crippen molar-refractivity contribution in [2.45, 2.75) is 6.92 Å². The fourth-order valence-electron chi connectivity index (χ4n) is 2.56. The van der Waals surface area contributed by atoms with Crippen LogP contribution in [0.2, 0.25) is 5.02 Å². The lowest BCUT2D eigenvalue weighted by Crippen LogP contribution is -2.08. The van der Waals surface area contributed by atoms with Crippen molar-refractivity contribution in [2.24, 2.45) is 10.7 Å². The molecule has 2 N–H and O–H groups in total. The van der Waals surface area contributed by atoms with Gasteiger partial charge in [-0.1, -0.05) is 35.7 Å². The maximum absolute atomic E-state index is 12.6. The van der Waals surface area contributed by atoms with Gasteiger partial charge in [-0.05, 0) is 48.0 Å². The third kappa shape index (κ3) is 4.09. The van der Waals surface area contributed by atoms with Crippen LogP contribution in [0.3, 0.4) is 0 Å². The number of rotatable bonds is 4. The van der Waals surface area contributed by atoms with Crippen LogP contribution >= 0.6 is 23.4 Å². The first-order chi connectivity index (χ1) is 13.5. The fourth-order valence-corrected chi connectivity index (χ4v) is 3.14. The minimum atomic E-state index is -0.355. The molecule has 2 aromatic heterocycles. The average Bonchev–Trinajstić information content (AvgIpc) is 3.07. The number of aryl methyl sites for hydroxylation is 1. The molecular weight excluding hydrogens is 394 g/mol. The Labute approximate surface area is 171 Å². The van der Waals surface area contributed by atoms with Gasteiger partial charge in [-0.25, -0.2) is 4.99 Å². The normalized spacial score (nSPS) is 10.9. The van der Waals surface area contributed by atoms with E-state index in [4.69, 9.17) is 23.8 Å². The molecule has 8 heteroatoms. The van der Waals surface area contributed by atoms with Gasteiger partial charge in [-0.3, -0.25) is 9.78 Å². The third-order valence-electron chi connectivity index (χ3n) is 3.80. The number of carbonyl (C=O) groups is 1. The Kier molecular flexibility index (Phi) is 6.14. The van der Waals surface area contributed by atoms with Crippen LogP contribution in [0.15, 0.2) is 47.6 Å². The molecule has 0 aliphatic carbocycles. The molecule has 28 heavy (non-hydrogen) atoms. The number of nitrogens with two attached hydrogens (primary N) is 1. The number of benzene rings is 1. The van der Waals surface area contributed by atoms with Crippen LogP contribution in [-0.4, -0.2) is 32.1 Å². The first-order valence-corrected chi connectivity index (χ1v) is 9.58. The highest BCUT2D eigenvalue weighted by Crippen LogP contribution is 2.39. The van der Waals surface area contributed by atoms with Gasteiger partial charge in [0.1, 0.15) is 5.69 Å². The van der Waals surface area contributed by atoms with E-state index in [2.05, 4.69) is 21.0 Å². The largest absolute Gasteiger partial charge is 0.390 e. The van der Waals surface area contributed by atoms with Gasteiger partial charge in [0.25, 0.3) is 0 Å². The molecule has 0 atom stereocenters. The van der Waals surface area contributed by atoms with E-state index in [1.165, 1.54) is 4.68 Å². The van der Waals surface area contributed by atoms with Crippen LogP contribution < -0.4 is 5.73 Å². The molecule has 0 fully saturated rings. The summed E-state index contributed by atoms with van der Waals surface area (Å²) in [5.74, 6) is 2.95. The van der Waals surface area contributed by atoms with Crippen LogP contribution in [0.5, 0.6) is 0 Å². The van der Waals surface area contributed by atoms with Crippen LogP contribution in [0.25, 0.3) is 22.5 Å². The lowest BCUT2D eigenvalue weighted by atomic mass is 10.0. The molecule has 0 bridgehead atoms. The second-order valence-electron chi connectivity index (χ2n) is 5.72. The van der Waals surface area contributed by atoms with Gasteiger partial charge < -0.3 is 5.73 Å². The van der Waals surface area contributed by atoms with Crippen LogP contribution in [0.1, 0.15) is 5.56 Å². The van der Waals surface area contributed by atoms with Gasteiger partial charge in [0, 0.05) is 11.2 Å². The zero-order valence-corrected chi connectivity index (χ0v) is 16.5. The molecule has 0 aliphatic heterocycles. The van der Waals surface area contributed by atoms with E-state index in [1.54, 1.807) is 18.3 Å². The zero-order chi connectivity index (χ0) is 20.1. The van der Waals surface area contributed by atoms with Crippen molar-refractivity contribution in [1.82, 2.24) is 14.8 Å². The van der Waals surface area contributed by atoms with Gasteiger partial charge in [0.15, 0.2) is 5.82 Å². The molecule has 0 amide bonds. The molecule has 0 spiro atoms. The van der Waals surface area contributed by atoms with Gasteiger partial charge >= 0.3 is 5.24 Å². The van der Waals surface area contributed by atoms with E-state index in [0.29, 0.717) is 27.8 Å². The van der Waals surface area contributed by atoms with Gasteiger partial charge in [0.05, 0.1) is 23.3 Å². The Balaban J connectivity index is 2.27. The summed E-state index contributed by atoms with van der Waals surface area (Å²) in [5, 5.41) is 4.73. The van der Waals surface area contributed by atoms with Crippen molar-refractivity contribution in [3.8, 4) is 34.9 Å². The summed E-state index contributed by atoms with van der Waals surface area (Å²) in [5.41, 5.74) is 9.09. The summed E-state index contributed by atoms with van der Waals surface area (Å²) in [6, 6.07) is 10.9. The quantitative estimate of drug-likeness (QED) is 0.388. The summed E-state index contributed by atoms with van der Waals surface area (Å²) in [6.45, 7) is 1.94. The summed E-state index contributed by atoms with van der Waals surface area (Å²) in [6.07, 6.45) is 8.13. The van der Waals surface area contributed by atoms with E-state index in [1.807, 2.05) is 31.2 Å². The molecule has 3 aromatic rings. The first kappa shape index (κ1) is 19.7. The van der Waals surface area contributed by atoms with Crippen molar-refractivity contribution < 1.29 is 4.79 Å². The number of thioether (sulfide) groups is 1. The van der Waals surface area contributed by atoms with Crippen molar-refractivity contribution in [1.29, 1.82) is 0 Å². The van der Waals surface area contributed by atoms with Crippen molar-refractivity contribution in [2.75, 3.05) is 5.75 Å². The van der Waals surface area contributed by atoms with Gasteiger partial charge in [-0.2, -0.15) is 9.78 Å². The molecule has 0 aliphatic rings. The molecule has 0 unspecified atom stereocenters. The summed E-state index contributed by atoms with van der Waals surface area (Å²) in [7, 11) is 0. The molecule has 0 radical (unpaired) electrons. The molecule has 3 rings (SSSR count). The number of carbonyl (C=O) groups excluding carboxylic acids is 1. The minimum absolute atomic E-state index is 0.221. The highest BCUT2D eigenvalue weighted by atomic mass is 35.5. The fraction of sp³-hybridized carbons (Fsp3) is 0.100. The van der Waals surface area contributed by atoms with Crippen LogP contribution in [-0.2, 0) is 0 Å². The van der Waals surface area contributed by atoms with E-state index in [0.717, 1.165) is 29.2 Å². The maximum Gasteiger partial charge on any atom is 0.308 e. The second-order valence-corrected chi connectivity index (χ2v) is 7.09.